The number of aromatic nitrogens is 2. The van der Waals surface area contributed by atoms with Gasteiger partial charge in [0.2, 0.25) is 0 Å². The van der Waals surface area contributed by atoms with Crippen LogP contribution >= 0.6 is 0 Å². The molecular weight excluding hydrogens is 212 g/mol. The minimum atomic E-state index is 0.528. The first-order chi connectivity index (χ1) is 8.34. The number of piperidine rings is 1. The lowest BCUT2D eigenvalue weighted by Gasteiger charge is -2.26. The summed E-state index contributed by atoms with van der Waals surface area (Å²) in [5.41, 5.74) is 1.06. The molecule has 17 heavy (non-hydrogen) atoms. The van der Waals surface area contributed by atoms with Crippen molar-refractivity contribution in [3.8, 4) is 0 Å². The zero-order chi connectivity index (χ0) is 11.9. The summed E-state index contributed by atoms with van der Waals surface area (Å²) in [5, 5.41) is 7.10. The van der Waals surface area contributed by atoms with E-state index in [4.69, 9.17) is 0 Å². The van der Waals surface area contributed by atoms with Crippen molar-refractivity contribution in [2.75, 3.05) is 6.54 Å². The molecule has 94 valence electrons. The summed E-state index contributed by atoms with van der Waals surface area (Å²) in [5.74, 6) is 0. The molecule has 0 aromatic carbocycles. The minimum absolute atomic E-state index is 0.528. The van der Waals surface area contributed by atoms with E-state index in [0.29, 0.717) is 12.1 Å². The second-order valence-electron chi connectivity index (χ2n) is 4.87. The smallest absolute Gasteiger partial charge is 0.115 e. The Morgan fingerprint density at radius 1 is 1.53 bits per heavy atom. The molecule has 1 aromatic heterocycles. The van der Waals surface area contributed by atoms with Crippen molar-refractivity contribution in [2.45, 2.75) is 51.2 Å². The average Bonchev–Trinajstić information content (AvgIpc) is 2.39. The number of hydrogen-bond acceptors (Lipinski definition) is 4. The fourth-order valence-corrected chi connectivity index (χ4v) is 2.34. The highest BCUT2D eigenvalue weighted by Crippen LogP contribution is 2.11. The second kappa shape index (κ2) is 6.67. The maximum Gasteiger partial charge on any atom is 0.115 e. The molecule has 0 spiro atoms. The number of nitrogens with one attached hydrogen (secondary N) is 2. The van der Waals surface area contributed by atoms with Crippen molar-refractivity contribution in [3.05, 3.63) is 24.3 Å². The van der Waals surface area contributed by atoms with Crippen molar-refractivity contribution in [2.24, 2.45) is 0 Å². The van der Waals surface area contributed by atoms with Crippen LogP contribution in [0.4, 0.5) is 0 Å². The van der Waals surface area contributed by atoms with E-state index in [2.05, 4.69) is 27.5 Å². The summed E-state index contributed by atoms with van der Waals surface area (Å²) in [6, 6.07) is 3.18. The van der Waals surface area contributed by atoms with E-state index in [9.17, 15) is 0 Å². The molecule has 0 saturated carbocycles. The normalized spacial score (nSPS) is 22.3. The van der Waals surface area contributed by atoms with Gasteiger partial charge in [-0.25, -0.2) is 9.97 Å². The van der Waals surface area contributed by atoms with E-state index >= 15 is 0 Å². The molecule has 2 rings (SSSR count). The van der Waals surface area contributed by atoms with Gasteiger partial charge < -0.3 is 10.6 Å². The number of rotatable bonds is 5. The van der Waals surface area contributed by atoms with Crippen LogP contribution in [-0.4, -0.2) is 28.6 Å². The van der Waals surface area contributed by atoms with Crippen molar-refractivity contribution in [1.29, 1.82) is 0 Å². The van der Waals surface area contributed by atoms with Crippen molar-refractivity contribution in [1.82, 2.24) is 20.6 Å². The largest absolute Gasteiger partial charge is 0.314 e. The summed E-state index contributed by atoms with van der Waals surface area (Å²) < 4.78 is 0. The standard InChI is InChI=1S/C13H22N4/c1-11(8-12-4-2-3-6-15-12)16-9-13-5-7-14-10-17-13/h5,7,10-12,15-16H,2-4,6,8-9H2,1H3. The molecule has 4 nitrogen and oxygen atoms in total. The zero-order valence-corrected chi connectivity index (χ0v) is 10.5. The predicted octanol–water partition coefficient (Wildman–Crippen LogP) is 1.49. The van der Waals surface area contributed by atoms with Gasteiger partial charge in [0.1, 0.15) is 6.33 Å². The third kappa shape index (κ3) is 4.40. The molecule has 0 aliphatic carbocycles. The Morgan fingerprint density at radius 3 is 3.18 bits per heavy atom. The molecule has 4 heteroatoms. The molecule has 1 saturated heterocycles. The van der Waals surface area contributed by atoms with Crippen LogP contribution < -0.4 is 10.6 Å². The number of nitrogens with zero attached hydrogens (tertiary/aromatic N) is 2. The Balaban J connectivity index is 1.68. The zero-order valence-electron chi connectivity index (χ0n) is 10.5. The highest BCUT2D eigenvalue weighted by molar-refractivity contribution is 4.97. The Bertz CT molecular complexity index is 308. The fourth-order valence-electron chi connectivity index (χ4n) is 2.34. The van der Waals surface area contributed by atoms with Crippen LogP contribution in [0, 0.1) is 0 Å². The van der Waals surface area contributed by atoms with Crippen LogP contribution in [0.25, 0.3) is 0 Å². The highest BCUT2D eigenvalue weighted by Gasteiger charge is 2.15. The Hall–Kier alpha value is -1.00. The van der Waals surface area contributed by atoms with Gasteiger partial charge in [-0.3, -0.25) is 0 Å². The van der Waals surface area contributed by atoms with E-state index in [1.165, 1.54) is 32.2 Å². The van der Waals surface area contributed by atoms with Crippen LogP contribution in [-0.2, 0) is 6.54 Å². The maximum absolute atomic E-state index is 4.21. The number of hydrogen-bond donors (Lipinski definition) is 2. The molecule has 2 N–H and O–H groups in total. The van der Waals surface area contributed by atoms with Crippen LogP contribution in [0.3, 0.4) is 0 Å². The van der Waals surface area contributed by atoms with Gasteiger partial charge >= 0.3 is 0 Å². The van der Waals surface area contributed by atoms with E-state index in [1.807, 2.05) is 6.07 Å². The van der Waals surface area contributed by atoms with Crippen molar-refractivity contribution in [3.63, 3.8) is 0 Å². The highest BCUT2D eigenvalue weighted by atomic mass is 15.0. The third-order valence-electron chi connectivity index (χ3n) is 3.33. The van der Waals surface area contributed by atoms with Crippen LogP contribution in [0.5, 0.6) is 0 Å². The molecule has 1 aliphatic rings. The van der Waals surface area contributed by atoms with Crippen molar-refractivity contribution >= 4 is 0 Å². The average molecular weight is 234 g/mol. The molecule has 2 unspecified atom stereocenters. The Morgan fingerprint density at radius 2 is 2.47 bits per heavy atom. The van der Waals surface area contributed by atoms with Gasteiger partial charge in [0.25, 0.3) is 0 Å². The van der Waals surface area contributed by atoms with E-state index in [0.717, 1.165) is 12.2 Å². The first kappa shape index (κ1) is 12.5. The molecule has 0 bridgehead atoms. The van der Waals surface area contributed by atoms with Crippen LogP contribution in [0.15, 0.2) is 18.6 Å². The van der Waals surface area contributed by atoms with Gasteiger partial charge in [0.15, 0.2) is 0 Å². The second-order valence-corrected chi connectivity index (χ2v) is 4.87. The Labute approximate surface area is 103 Å². The summed E-state index contributed by atoms with van der Waals surface area (Å²) in [6.07, 6.45) is 8.61. The minimum Gasteiger partial charge on any atom is -0.314 e. The predicted molar refractivity (Wildman–Crippen MR) is 68.6 cm³/mol. The fraction of sp³-hybridized carbons (Fsp3) is 0.692. The quantitative estimate of drug-likeness (QED) is 0.810. The SMILES string of the molecule is CC(CC1CCCCN1)NCc1ccncn1. The molecule has 0 radical (unpaired) electrons. The first-order valence-electron chi connectivity index (χ1n) is 6.56. The first-order valence-corrected chi connectivity index (χ1v) is 6.56. The maximum atomic E-state index is 4.21. The molecular formula is C13H22N4. The van der Waals surface area contributed by atoms with Crippen molar-refractivity contribution < 1.29 is 0 Å². The molecule has 1 aromatic rings. The topological polar surface area (TPSA) is 49.8 Å². The van der Waals surface area contributed by atoms with Gasteiger partial charge in [-0.05, 0) is 38.8 Å². The van der Waals surface area contributed by atoms with Gasteiger partial charge in [0.05, 0.1) is 5.69 Å². The third-order valence-corrected chi connectivity index (χ3v) is 3.33. The van der Waals surface area contributed by atoms with E-state index < -0.39 is 0 Å². The Kier molecular flexibility index (Phi) is 4.88. The summed E-state index contributed by atoms with van der Waals surface area (Å²) in [6.45, 7) is 4.26. The summed E-state index contributed by atoms with van der Waals surface area (Å²) in [7, 11) is 0. The lowest BCUT2D eigenvalue weighted by Crippen LogP contribution is -2.39. The monoisotopic (exact) mass is 234 g/mol. The van der Waals surface area contributed by atoms with E-state index in [-0.39, 0.29) is 0 Å². The van der Waals surface area contributed by atoms with Gasteiger partial charge in [-0.15, -0.1) is 0 Å². The van der Waals surface area contributed by atoms with Gasteiger partial charge in [-0.1, -0.05) is 6.42 Å². The molecule has 2 atom stereocenters. The summed E-state index contributed by atoms with van der Waals surface area (Å²) >= 11 is 0. The molecule has 1 aliphatic heterocycles. The lowest BCUT2D eigenvalue weighted by atomic mass is 9.99. The molecule has 0 amide bonds. The molecule has 1 fully saturated rings. The van der Waals surface area contributed by atoms with Gasteiger partial charge in [0, 0.05) is 24.8 Å². The molecule has 2 heterocycles. The van der Waals surface area contributed by atoms with E-state index in [1.54, 1.807) is 12.5 Å². The summed E-state index contributed by atoms with van der Waals surface area (Å²) in [4.78, 5) is 8.13. The van der Waals surface area contributed by atoms with Crippen LogP contribution in [0.2, 0.25) is 0 Å². The van der Waals surface area contributed by atoms with Gasteiger partial charge in [-0.2, -0.15) is 0 Å². The lowest BCUT2D eigenvalue weighted by molar-refractivity contribution is 0.344. The van der Waals surface area contributed by atoms with Crippen LogP contribution in [0.1, 0.15) is 38.3 Å².